The molecule has 0 saturated carbocycles. The van der Waals surface area contributed by atoms with E-state index in [-0.39, 0.29) is 5.56 Å². The van der Waals surface area contributed by atoms with Gasteiger partial charge >= 0.3 is 6.18 Å². The molecule has 6 nitrogen and oxygen atoms in total. The molecule has 0 saturated heterocycles. The molecule has 0 aliphatic carbocycles. The normalized spacial score (nSPS) is 12.3. The summed E-state index contributed by atoms with van der Waals surface area (Å²) in [6.07, 6.45) is -4.68. The van der Waals surface area contributed by atoms with Crippen molar-refractivity contribution in [2.24, 2.45) is 0 Å². The molecule has 0 radical (unpaired) electrons. The number of carbonyl (C=O) groups excluding carboxylic acids is 1. The first-order valence-corrected chi connectivity index (χ1v) is 10.2. The van der Waals surface area contributed by atoms with Crippen LogP contribution in [0.4, 0.5) is 18.9 Å². The fraction of sp³-hybridized carbons (Fsp3) is 0.176. The molecule has 3 rings (SSSR count). The van der Waals surface area contributed by atoms with Crippen LogP contribution in [0.15, 0.2) is 47.4 Å². The second-order valence-corrected chi connectivity index (χ2v) is 8.84. The Hall–Kier alpha value is -2.50. The third-order valence-electron chi connectivity index (χ3n) is 3.62. The number of rotatable bonds is 5. The zero-order valence-electron chi connectivity index (χ0n) is 14.4. The summed E-state index contributed by atoms with van der Waals surface area (Å²) in [6.45, 7) is 0.168. The molecule has 148 valence electrons. The summed E-state index contributed by atoms with van der Waals surface area (Å²) in [7, 11) is -4.41. The van der Waals surface area contributed by atoms with Crippen LogP contribution in [-0.2, 0) is 10.0 Å². The van der Waals surface area contributed by atoms with Gasteiger partial charge in [0.1, 0.15) is 6.54 Å². The van der Waals surface area contributed by atoms with E-state index < -0.39 is 33.5 Å². The number of alkyl halides is 3. The first-order chi connectivity index (χ1) is 13.0. The lowest BCUT2D eigenvalue weighted by Crippen LogP contribution is -2.33. The quantitative estimate of drug-likeness (QED) is 0.647. The number of nitrogens with zero attached hydrogens (tertiary/aromatic N) is 1. The van der Waals surface area contributed by atoms with Gasteiger partial charge in [-0.2, -0.15) is 13.2 Å². The van der Waals surface area contributed by atoms with Crippen molar-refractivity contribution in [2.75, 3.05) is 11.9 Å². The summed E-state index contributed by atoms with van der Waals surface area (Å²) in [5.74, 6) is -0.589. The SMILES string of the molecule is Cc1nc2ccc(NC(=O)c3cccc(S(=O)(=O)NCC(F)(F)F)c3)cc2s1. The third kappa shape index (κ3) is 4.86. The standard InChI is InChI=1S/C17H14F3N3O3S2/c1-10-22-14-6-5-12(8-15(14)27-10)23-16(24)11-3-2-4-13(7-11)28(25,26)21-9-17(18,19)20/h2-8,21H,9H2,1H3,(H,23,24). The lowest BCUT2D eigenvalue weighted by atomic mass is 10.2. The summed E-state index contributed by atoms with van der Waals surface area (Å²) in [6, 6.07) is 9.93. The molecule has 3 aromatic rings. The van der Waals surface area contributed by atoms with E-state index in [0.29, 0.717) is 5.69 Å². The molecular formula is C17H14F3N3O3S2. The molecule has 0 aliphatic rings. The van der Waals surface area contributed by atoms with Gasteiger partial charge in [-0.15, -0.1) is 11.3 Å². The first-order valence-electron chi connectivity index (χ1n) is 7.88. The van der Waals surface area contributed by atoms with Gasteiger partial charge in [0.05, 0.1) is 20.1 Å². The van der Waals surface area contributed by atoms with Crippen molar-refractivity contribution in [1.82, 2.24) is 9.71 Å². The van der Waals surface area contributed by atoms with Crippen LogP contribution in [0.25, 0.3) is 10.2 Å². The molecule has 0 unspecified atom stereocenters. The van der Waals surface area contributed by atoms with Crippen LogP contribution >= 0.6 is 11.3 Å². The smallest absolute Gasteiger partial charge is 0.322 e. The Bertz CT molecular complexity index is 1140. The Morgan fingerprint density at radius 2 is 1.93 bits per heavy atom. The Morgan fingerprint density at radius 3 is 2.64 bits per heavy atom. The second-order valence-electron chi connectivity index (χ2n) is 5.84. The van der Waals surface area contributed by atoms with Gasteiger partial charge in [0, 0.05) is 11.3 Å². The molecule has 0 aliphatic heterocycles. The van der Waals surface area contributed by atoms with Crippen molar-refractivity contribution in [2.45, 2.75) is 18.0 Å². The number of amides is 1. The fourth-order valence-corrected chi connectivity index (χ4v) is 4.31. The molecule has 0 bridgehead atoms. The van der Waals surface area contributed by atoms with Gasteiger partial charge in [-0.1, -0.05) is 6.07 Å². The molecule has 1 amide bonds. The van der Waals surface area contributed by atoms with E-state index in [1.165, 1.54) is 28.2 Å². The summed E-state index contributed by atoms with van der Waals surface area (Å²) >= 11 is 1.46. The minimum absolute atomic E-state index is 0.00420. The van der Waals surface area contributed by atoms with E-state index in [1.807, 2.05) is 6.92 Å². The predicted molar refractivity (Wildman–Crippen MR) is 100.0 cm³/mol. The summed E-state index contributed by atoms with van der Waals surface area (Å²) < 4.78 is 63.2. The number of carbonyl (C=O) groups is 1. The van der Waals surface area contributed by atoms with Crippen molar-refractivity contribution < 1.29 is 26.4 Å². The van der Waals surface area contributed by atoms with Crippen molar-refractivity contribution in [1.29, 1.82) is 0 Å². The molecule has 1 heterocycles. The van der Waals surface area contributed by atoms with Crippen molar-refractivity contribution >= 4 is 43.2 Å². The number of halogens is 3. The van der Waals surface area contributed by atoms with Gasteiger partial charge in [0.15, 0.2) is 0 Å². The van der Waals surface area contributed by atoms with Gasteiger partial charge in [0.2, 0.25) is 10.0 Å². The minimum Gasteiger partial charge on any atom is -0.322 e. The number of aromatic nitrogens is 1. The third-order valence-corrected chi connectivity index (χ3v) is 5.95. The fourth-order valence-electron chi connectivity index (χ4n) is 2.39. The van der Waals surface area contributed by atoms with Crippen LogP contribution in [0, 0.1) is 6.92 Å². The summed E-state index contributed by atoms with van der Waals surface area (Å²) in [5.41, 5.74) is 1.28. The van der Waals surface area contributed by atoms with E-state index in [0.717, 1.165) is 27.4 Å². The lowest BCUT2D eigenvalue weighted by molar-refractivity contribution is -0.121. The van der Waals surface area contributed by atoms with E-state index in [9.17, 15) is 26.4 Å². The maximum absolute atomic E-state index is 12.4. The van der Waals surface area contributed by atoms with E-state index in [2.05, 4.69) is 10.3 Å². The number of aryl methyl sites for hydroxylation is 1. The number of nitrogens with one attached hydrogen (secondary N) is 2. The maximum Gasteiger partial charge on any atom is 0.402 e. The molecule has 0 fully saturated rings. The number of anilines is 1. The van der Waals surface area contributed by atoms with Crippen molar-refractivity contribution in [3.05, 3.63) is 53.0 Å². The van der Waals surface area contributed by atoms with Gasteiger partial charge < -0.3 is 5.32 Å². The van der Waals surface area contributed by atoms with E-state index in [1.54, 1.807) is 18.2 Å². The second kappa shape index (κ2) is 7.49. The van der Waals surface area contributed by atoms with Gasteiger partial charge in [-0.25, -0.2) is 18.1 Å². The van der Waals surface area contributed by atoms with Crippen LogP contribution in [-0.4, -0.2) is 32.0 Å². The van der Waals surface area contributed by atoms with Crippen LogP contribution in [0.2, 0.25) is 0 Å². The van der Waals surface area contributed by atoms with Crippen LogP contribution < -0.4 is 10.0 Å². The number of hydrogen-bond donors (Lipinski definition) is 2. The van der Waals surface area contributed by atoms with E-state index >= 15 is 0 Å². The lowest BCUT2D eigenvalue weighted by Gasteiger charge is -2.10. The predicted octanol–water partition coefficient (Wildman–Crippen LogP) is 3.70. The number of sulfonamides is 1. The topological polar surface area (TPSA) is 88.2 Å². The molecule has 2 aromatic carbocycles. The Labute approximate surface area is 162 Å². The number of thiazole rings is 1. The highest BCUT2D eigenvalue weighted by molar-refractivity contribution is 7.89. The molecule has 0 spiro atoms. The number of fused-ring (bicyclic) bond motifs is 1. The molecule has 1 aromatic heterocycles. The highest BCUT2D eigenvalue weighted by atomic mass is 32.2. The molecule has 0 atom stereocenters. The Morgan fingerprint density at radius 1 is 1.18 bits per heavy atom. The molecular weight excluding hydrogens is 415 g/mol. The zero-order chi connectivity index (χ0) is 20.5. The van der Waals surface area contributed by atoms with Crippen LogP contribution in [0.5, 0.6) is 0 Å². The summed E-state index contributed by atoms with van der Waals surface area (Å²) in [5, 5.41) is 3.52. The average molecular weight is 429 g/mol. The maximum atomic E-state index is 12.4. The van der Waals surface area contributed by atoms with Crippen molar-refractivity contribution in [3.8, 4) is 0 Å². The molecule has 2 N–H and O–H groups in total. The van der Waals surface area contributed by atoms with Crippen LogP contribution in [0.3, 0.4) is 0 Å². The highest BCUT2D eigenvalue weighted by Crippen LogP contribution is 2.25. The summed E-state index contributed by atoms with van der Waals surface area (Å²) in [4.78, 5) is 16.3. The Kier molecular flexibility index (Phi) is 5.41. The highest BCUT2D eigenvalue weighted by Gasteiger charge is 2.30. The average Bonchev–Trinajstić information content (AvgIpc) is 2.99. The molecule has 28 heavy (non-hydrogen) atoms. The van der Waals surface area contributed by atoms with Crippen molar-refractivity contribution in [3.63, 3.8) is 0 Å². The van der Waals surface area contributed by atoms with E-state index in [4.69, 9.17) is 0 Å². The zero-order valence-corrected chi connectivity index (χ0v) is 16.0. The Balaban J connectivity index is 1.79. The van der Waals surface area contributed by atoms with Crippen LogP contribution in [0.1, 0.15) is 15.4 Å². The van der Waals surface area contributed by atoms with Gasteiger partial charge in [0.25, 0.3) is 5.91 Å². The number of benzene rings is 2. The minimum atomic E-state index is -4.68. The molecule has 11 heteroatoms. The van der Waals surface area contributed by atoms with Gasteiger partial charge in [-0.05, 0) is 43.3 Å². The largest absolute Gasteiger partial charge is 0.402 e. The first kappa shape index (κ1) is 20.2. The van der Waals surface area contributed by atoms with Gasteiger partial charge in [-0.3, -0.25) is 4.79 Å². The monoisotopic (exact) mass is 429 g/mol. The number of hydrogen-bond acceptors (Lipinski definition) is 5.